The van der Waals surface area contributed by atoms with Gasteiger partial charge < -0.3 is 10.6 Å². The normalized spacial score (nSPS) is 22.9. The van der Waals surface area contributed by atoms with Crippen molar-refractivity contribution in [1.29, 1.82) is 5.26 Å². The molecule has 0 aromatic heterocycles. The van der Waals surface area contributed by atoms with Gasteiger partial charge in [-0.15, -0.1) is 0 Å². The largest absolute Gasteiger partial charge is 0.366 e. The van der Waals surface area contributed by atoms with Gasteiger partial charge in [0.1, 0.15) is 0 Å². The quantitative estimate of drug-likeness (QED) is 0.886. The van der Waals surface area contributed by atoms with Crippen LogP contribution >= 0.6 is 0 Å². The van der Waals surface area contributed by atoms with Crippen molar-refractivity contribution in [2.45, 2.75) is 32.1 Å². The Morgan fingerprint density at radius 2 is 2.07 bits per heavy atom. The Labute approximate surface area is 161 Å². The van der Waals surface area contributed by atoms with Crippen molar-refractivity contribution in [2.24, 2.45) is 11.7 Å². The molecule has 1 amide bonds. The number of carbonyl (C=O) groups is 1. The molecule has 1 fully saturated rings. The maximum atomic E-state index is 11.5. The van der Waals surface area contributed by atoms with Crippen molar-refractivity contribution >= 4 is 5.91 Å². The smallest absolute Gasteiger partial charge is 0.248 e. The maximum Gasteiger partial charge on any atom is 0.248 e. The Morgan fingerprint density at radius 3 is 2.78 bits per heavy atom. The Kier molecular flexibility index (Phi) is 5.62. The molecule has 0 radical (unpaired) electrons. The molecule has 2 aromatic rings. The number of nitrogens with zero attached hydrogens (tertiary/aromatic N) is 2. The molecule has 140 valence electrons. The van der Waals surface area contributed by atoms with Crippen LogP contribution in [0.1, 0.15) is 47.3 Å². The molecule has 2 N–H and O–H groups in total. The van der Waals surface area contributed by atoms with Gasteiger partial charge in [-0.1, -0.05) is 38.1 Å². The monoisotopic (exact) mass is 361 g/mol. The molecule has 2 atom stereocenters. The summed E-state index contributed by atoms with van der Waals surface area (Å²) in [5.41, 5.74) is 9.23. The summed E-state index contributed by atoms with van der Waals surface area (Å²) in [4.78, 5) is 14.0. The number of benzene rings is 2. The fourth-order valence-corrected chi connectivity index (χ4v) is 4.06. The zero-order chi connectivity index (χ0) is 19.4. The van der Waals surface area contributed by atoms with E-state index in [1.165, 1.54) is 11.1 Å². The first-order chi connectivity index (χ1) is 12.9. The molecule has 3 rings (SSSR count). The fourth-order valence-electron chi connectivity index (χ4n) is 4.06. The summed E-state index contributed by atoms with van der Waals surface area (Å²) < 4.78 is 0. The van der Waals surface area contributed by atoms with E-state index in [4.69, 9.17) is 11.0 Å². The third kappa shape index (κ3) is 4.20. The first-order valence-electron chi connectivity index (χ1n) is 9.54. The van der Waals surface area contributed by atoms with Gasteiger partial charge in [-0.25, -0.2) is 0 Å². The van der Waals surface area contributed by atoms with E-state index in [-0.39, 0.29) is 11.3 Å². The summed E-state index contributed by atoms with van der Waals surface area (Å²) in [6.07, 6.45) is 2.00. The first kappa shape index (κ1) is 19.1. The Balaban J connectivity index is 1.65. The highest BCUT2D eigenvalue weighted by Gasteiger charge is 2.38. The van der Waals surface area contributed by atoms with Crippen molar-refractivity contribution in [3.8, 4) is 6.07 Å². The van der Waals surface area contributed by atoms with Crippen LogP contribution in [0.25, 0.3) is 0 Å². The molecule has 1 saturated heterocycles. The van der Waals surface area contributed by atoms with E-state index < -0.39 is 0 Å². The number of nitrogens with two attached hydrogens (primary N) is 1. The minimum Gasteiger partial charge on any atom is -0.366 e. The van der Waals surface area contributed by atoms with Gasteiger partial charge in [-0.2, -0.15) is 5.26 Å². The van der Waals surface area contributed by atoms with Crippen molar-refractivity contribution in [1.82, 2.24) is 4.90 Å². The molecule has 0 bridgehead atoms. The molecule has 1 heterocycles. The van der Waals surface area contributed by atoms with E-state index in [2.05, 4.69) is 36.9 Å². The van der Waals surface area contributed by atoms with Gasteiger partial charge >= 0.3 is 0 Å². The van der Waals surface area contributed by atoms with E-state index in [1.54, 1.807) is 6.07 Å². The lowest BCUT2D eigenvalue weighted by Crippen LogP contribution is -2.47. The summed E-state index contributed by atoms with van der Waals surface area (Å²) >= 11 is 0. The summed E-state index contributed by atoms with van der Waals surface area (Å²) in [5, 5.41) is 9.04. The molecular formula is C23H27N3O. The zero-order valence-corrected chi connectivity index (χ0v) is 16.1. The van der Waals surface area contributed by atoms with Gasteiger partial charge in [0, 0.05) is 18.7 Å². The number of amides is 1. The lowest BCUT2D eigenvalue weighted by Gasteiger charge is -2.45. The summed E-state index contributed by atoms with van der Waals surface area (Å²) in [7, 11) is 0. The maximum absolute atomic E-state index is 11.5. The summed E-state index contributed by atoms with van der Waals surface area (Å²) in [5.74, 6) is 0.102. The van der Waals surface area contributed by atoms with E-state index in [0.29, 0.717) is 11.5 Å². The lowest BCUT2D eigenvalue weighted by molar-refractivity contribution is 0.0998. The average Bonchev–Trinajstić information content (AvgIpc) is 2.69. The van der Waals surface area contributed by atoms with Crippen LogP contribution in [-0.4, -0.2) is 30.4 Å². The van der Waals surface area contributed by atoms with Crippen LogP contribution in [0.2, 0.25) is 0 Å². The number of carbonyl (C=O) groups excluding carboxylic acids is 1. The molecule has 4 nitrogen and oxygen atoms in total. The number of hydrogen-bond acceptors (Lipinski definition) is 3. The highest BCUT2D eigenvalue weighted by molar-refractivity contribution is 5.92. The second-order valence-corrected chi connectivity index (χ2v) is 7.88. The van der Waals surface area contributed by atoms with Crippen molar-refractivity contribution in [2.75, 3.05) is 19.6 Å². The summed E-state index contributed by atoms with van der Waals surface area (Å²) in [6.45, 7) is 7.64. The van der Waals surface area contributed by atoms with Crippen LogP contribution in [0.4, 0.5) is 0 Å². The van der Waals surface area contributed by atoms with Crippen LogP contribution in [0.15, 0.2) is 48.5 Å². The van der Waals surface area contributed by atoms with E-state index >= 15 is 0 Å². The SMILES string of the molecule is CC1CN(CCc2cccc(C#N)c2)CCC1(C)c1cccc(C(N)=O)c1. The molecule has 0 spiro atoms. The number of primary amides is 1. The van der Waals surface area contributed by atoms with Gasteiger partial charge in [-0.05, 0) is 66.1 Å². The van der Waals surface area contributed by atoms with Gasteiger partial charge in [-0.3, -0.25) is 4.79 Å². The fraction of sp³-hybridized carbons (Fsp3) is 0.391. The molecule has 1 aliphatic heterocycles. The third-order valence-electron chi connectivity index (χ3n) is 6.15. The first-order valence-corrected chi connectivity index (χ1v) is 9.54. The predicted molar refractivity (Wildman–Crippen MR) is 107 cm³/mol. The van der Waals surface area contributed by atoms with Gasteiger partial charge in [0.05, 0.1) is 11.6 Å². The van der Waals surface area contributed by atoms with E-state index in [0.717, 1.165) is 38.0 Å². The number of rotatable bonds is 5. The Bertz CT molecular complexity index is 870. The van der Waals surface area contributed by atoms with E-state index in [1.807, 2.05) is 30.3 Å². The Morgan fingerprint density at radius 1 is 1.30 bits per heavy atom. The third-order valence-corrected chi connectivity index (χ3v) is 6.15. The lowest BCUT2D eigenvalue weighted by atomic mass is 9.68. The van der Waals surface area contributed by atoms with Gasteiger partial charge in [0.2, 0.25) is 5.91 Å². The van der Waals surface area contributed by atoms with Crippen molar-refractivity contribution in [3.63, 3.8) is 0 Å². The number of piperidine rings is 1. The standard InChI is InChI=1S/C23H27N3O/c1-17-16-26(11-9-18-5-3-6-19(13-18)15-24)12-10-23(17,2)21-8-4-7-20(14-21)22(25)27/h3-8,13-14,17H,9-12,16H2,1-2H3,(H2,25,27). The summed E-state index contributed by atoms with van der Waals surface area (Å²) in [6, 6.07) is 17.9. The van der Waals surface area contributed by atoms with Crippen LogP contribution in [0, 0.1) is 17.2 Å². The minimum absolute atomic E-state index is 0.0443. The van der Waals surface area contributed by atoms with Gasteiger partial charge in [0.25, 0.3) is 0 Å². The van der Waals surface area contributed by atoms with Crippen molar-refractivity contribution in [3.05, 3.63) is 70.8 Å². The second kappa shape index (κ2) is 7.94. The van der Waals surface area contributed by atoms with Gasteiger partial charge in [0.15, 0.2) is 0 Å². The molecule has 2 unspecified atom stereocenters. The highest BCUT2D eigenvalue weighted by atomic mass is 16.1. The highest BCUT2D eigenvalue weighted by Crippen LogP contribution is 2.39. The predicted octanol–water partition coefficient (Wildman–Crippen LogP) is 3.50. The second-order valence-electron chi connectivity index (χ2n) is 7.88. The molecule has 4 heteroatoms. The molecule has 0 saturated carbocycles. The molecule has 0 aliphatic carbocycles. The number of nitriles is 1. The molecule has 2 aromatic carbocycles. The van der Waals surface area contributed by atoms with Crippen LogP contribution in [-0.2, 0) is 11.8 Å². The molecule has 27 heavy (non-hydrogen) atoms. The average molecular weight is 361 g/mol. The van der Waals surface area contributed by atoms with Crippen LogP contribution in [0.5, 0.6) is 0 Å². The number of likely N-dealkylation sites (tertiary alicyclic amines) is 1. The molecular weight excluding hydrogens is 334 g/mol. The Hall–Kier alpha value is -2.64. The van der Waals surface area contributed by atoms with Crippen molar-refractivity contribution < 1.29 is 4.79 Å². The van der Waals surface area contributed by atoms with Crippen LogP contribution < -0.4 is 5.73 Å². The topological polar surface area (TPSA) is 70.1 Å². The minimum atomic E-state index is -0.370. The van der Waals surface area contributed by atoms with E-state index in [9.17, 15) is 4.79 Å². The van der Waals surface area contributed by atoms with Crippen LogP contribution in [0.3, 0.4) is 0 Å². The number of hydrogen-bond donors (Lipinski definition) is 1. The molecule has 1 aliphatic rings. The zero-order valence-electron chi connectivity index (χ0n) is 16.1.